The molecule has 3 saturated carbocycles. The van der Waals surface area contributed by atoms with Gasteiger partial charge in [-0.1, -0.05) is 148 Å². The molecule has 8 aromatic heterocycles. The summed E-state index contributed by atoms with van der Waals surface area (Å²) in [6, 6.07) is 34.2. The van der Waals surface area contributed by atoms with Crippen LogP contribution in [0.25, 0.3) is 89.7 Å². The summed E-state index contributed by atoms with van der Waals surface area (Å²) in [4.78, 5) is 67.3. The van der Waals surface area contributed by atoms with Crippen molar-refractivity contribution in [1.29, 1.82) is 0 Å². The number of ether oxygens (including phenoxy) is 12. The van der Waals surface area contributed by atoms with Gasteiger partial charge >= 0.3 is 0 Å². The standard InChI is InChI=1S/C30H33N3O6S.C30H31N3O5S.C23H27N3O4.C22H20IN3O5S/c1-19-10-12-22(13-11-19)40(35,36)33-18-23(25(34)14-20-8-6-5-7-9-20)28-30(33)31-17-24(32-28)21-15-26(37-2)29(39-4)27(16-21)38-3;1-20-10-14-24(15-11-20)39(34,35)33-19-22(13-12-21-8-6-5-7-9-21)28-30(33)31-18-25(32-28)23-16-26(36-2)29(38-4)27(17-23)37-3;1-28-19-10-15(11-20(29-2)22(19)30-3)17-13-25-23-21(26-17)16(12-24-23)18(27)9-14-7-5-4-6-8-14;1-13-5-7-15(8-6-13)32(27,28)26-12-16(23)20-22(26)24-11-17(25-20)14-9-18(29-2)21(31-4)19(10-14)30-3/h10-13,15-18,20H,5-9,14H2,1-4H3;10-11,14-19,21H,5-9H2,1-4H3;10-14H,4-9H2,1-3H3,(H,24,25);5-12H,1-4H3. The Morgan fingerprint density at radius 1 is 0.362 bits per heavy atom. The summed E-state index contributed by atoms with van der Waals surface area (Å²) in [5.74, 6) is 13.4. The minimum atomic E-state index is -4.03. The van der Waals surface area contributed by atoms with E-state index in [4.69, 9.17) is 71.8 Å². The number of nitrogens with zero attached hydrogens (tertiary/aromatic N) is 11. The zero-order valence-electron chi connectivity index (χ0n) is 81.1. The first kappa shape index (κ1) is 102. The van der Waals surface area contributed by atoms with Crippen LogP contribution < -0.4 is 56.8 Å². The third kappa shape index (κ3) is 21.9. The number of aromatic amines is 1. The Morgan fingerprint density at radius 2 is 0.660 bits per heavy atom. The maximum atomic E-state index is 13.7. The van der Waals surface area contributed by atoms with Gasteiger partial charge in [0.1, 0.15) is 22.1 Å². The lowest BCUT2D eigenvalue weighted by atomic mass is 9.85. The van der Waals surface area contributed by atoms with Gasteiger partial charge in [0.15, 0.2) is 80.2 Å². The molecule has 18 rings (SSSR count). The number of methoxy groups -OCH3 is 12. The van der Waals surface area contributed by atoms with Crippen LogP contribution in [0.5, 0.6) is 69.0 Å². The quantitative estimate of drug-likeness (QED) is 0.0270. The average molecular weight is 2080 g/mol. The summed E-state index contributed by atoms with van der Waals surface area (Å²) in [6.45, 7) is 5.71. The van der Waals surface area contributed by atoms with E-state index in [1.165, 1.54) is 114 Å². The van der Waals surface area contributed by atoms with Crippen LogP contribution in [0.3, 0.4) is 0 Å². The van der Waals surface area contributed by atoms with Crippen molar-refractivity contribution < 1.29 is 91.7 Å². The van der Waals surface area contributed by atoms with E-state index in [9.17, 15) is 34.8 Å². The third-order valence-electron chi connectivity index (χ3n) is 25.3. The number of aryl methyl sites for hydroxylation is 3. The van der Waals surface area contributed by atoms with E-state index in [0.717, 1.165) is 90.4 Å². The van der Waals surface area contributed by atoms with Crippen molar-refractivity contribution in [2.45, 2.75) is 145 Å². The lowest BCUT2D eigenvalue weighted by molar-refractivity contribution is 0.0943. The first-order chi connectivity index (χ1) is 68.0. The molecule has 141 heavy (non-hydrogen) atoms. The zero-order valence-corrected chi connectivity index (χ0v) is 85.7. The van der Waals surface area contributed by atoms with Gasteiger partial charge in [-0.15, -0.1) is 0 Å². The third-order valence-corrected chi connectivity index (χ3v) is 31.1. The highest BCUT2D eigenvalue weighted by atomic mass is 127. The second-order valence-electron chi connectivity index (χ2n) is 34.4. The predicted octanol–water partition coefficient (Wildman–Crippen LogP) is 20.5. The molecule has 3 fully saturated rings. The fourth-order valence-corrected chi connectivity index (χ4v) is 22.5. The Balaban J connectivity index is 0.000000143. The van der Waals surface area contributed by atoms with E-state index in [-0.39, 0.29) is 66.1 Å². The highest BCUT2D eigenvalue weighted by Gasteiger charge is 2.33. The van der Waals surface area contributed by atoms with Crippen LogP contribution >= 0.6 is 22.6 Å². The number of fused-ring (bicyclic) bond motifs is 4. The van der Waals surface area contributed by atoms with Crippen molar-refractivity contribution in [1.82, 2.24) is 56.8 Å². The molecule has 0 bridgehead atoms. The Bertz CT molecular complexity index is 7470. The van der Waals surface area contributed by atoms with Gasteiger partial charge < -0.3 is 61.8 Å². The van der Waals surface area contributed by atoms with Crippen molar-refractivity contribution in [2.24, 2.45) is 17.8 Å². The molecule has 3 aliphatic rings. The number of carbonyl (C=O) groups is 2. The molecule has 36 heteroatoms. The highest BCUT2D eigenvalue weighted by molar-refractivity contribution is 14.1. The van der Waals surface area contributed by atoms with Gasteiger partial charge in [-0.3, -0.25) is 9.59 Å². The van der Waals surface area contributed by atoms with Crippen molar-refractivity contribution in [3.05, 3.63) is 208 Å². The van der Waals surface area contributed by atoms with E-state index < -0.39 is 30.1 Å². The first-order valence-corrected chi connectivity index (χ1v) is 51.4. The van der Waals surface area contributed by atoms with Crippen LogP contribution in [-0.4, -0.2) is 179 Å². The molecule has 0 atom stereocenters. The summed E-state index contributed by atoms with van der Waals surface area (Å²) in [6.07, 6.45) is 30.3. The molecular formula is C105H111IN12O20S3. The summed E-state index contributed by atoms with van der Waals surface area (Å²) in [5.41, 5.74) is 12.1. The Morgan fingerprint density at radius 3 is 1.01 bits per heavy atom. The van der Waals surface area contributed by atoms with Gasteiger partial charge in [-0.25, -0.2) is 77.0 Å². The molecule has 3 aliphatic carbocycles. The predicted molar refractivity (Wildman–Crippen MR) is 545 cm³/mol. The molecule has 7 aromatic carbocycles. The SMILES string of the molecule is COc1cc(-c2cnc3[nH]cc(C(=O)CC4CCCCC4)c3n2)cc(OC)c1OC.COc1cc(-c2cnc3c(n2)c(C#CC2CCCCC2)cn3S(=O)(=O)c2ccc(C)cc2)cc(OC)c1OC.COc1cc(-c2cnc3c(n2)c(C(=O)CC2CCCCC2)cn3S(=O)(=O)c2ccc(C)cc2)cc(OC)c1OC.COc1cc(-c2cnc3c(n2)c(I)cn3S(=O)(=O)c2ccc(C)cc2)cc(OC)c1OC. The molecule has 0 saturated heterocycles. The molecule has 0 aliphatic heterocycles. The normalized spacial score (nSPS) is 13.7. The minimum Gasteiger partial charge on any atom is -0.493 e. The van der Waals surface area contributed by atoms with Gasteiger partial charge in [-0.05, 0) is 153 Å². The molecule has 0 unspecified atom stereocenters. The van der Waals surface area contributed by atoms with Gasteiger partial charge in [0, 0.05) is 65.8 Å². The highest BCUT2D eigenvalue weighted by Crippen LogP contribution is 2.47. The van der Waals surface area contributed by atoms with Crippen molar-refractivity contribution in [2.75, 3.05) is 85.3 Å². The van der Waals surface area contributed by atoms with Crippen LogP contribution in [0.2, 0.25) is 0 Å². The van der Waals surface area contributed by atoms with Gasteiger partial charge in [-0.2, -0.15) is 0 Å². The lowest BCUT2D eigenvalue weighted by Gasteiger charge is -2.20. The minimum absolute atomic E-state index is 0.101. The second-order valence-corrected chi connectivity index (χ2v) is 41.0. The monoisotopic (exact) mass is 2080 g/mol. The van der Waals surface area contributed by atoms with E-state index in [2.05, 4.69) is 64.3 Å². The molecule has 15 aromatic rings. The number of carbonyl (C=O) groups excluding carboxylic acids is 2. The van der Waals surface area contributed by atoms with Crippen molar-refractivity contribution in [3.63, 3.8) is 0 Å². The summed E-state index contributed by atoms with van der Waals surface area (Å²) >= 11 is 2.06. The van der Waals surface area contributed by atoms with Crippen LogP contribution in [0.4, 0.5) is 0 Å². The number of Topliss-reactive ketones (excluding diaryl/α,β-unsaturated/α-hetero) is 2. The van der Waals surface area contributed by atoms with Crippen LogP contribution in [0.1, 0.15) is 152 Å². The second kappa shape index (κ2) is 44.7. The Hall–Kier alpha value is -13.9. The zero-order chi connectivity index (χ0) is 100. The van der Waals surface area contributed by atoms with E-state index in [0.29, 0.717) is 164 Å². The summed E-state index contributed by atoms with van der Waals surface area (Å²) < 4.78 is 151. The first-order valence-electron chi connectivity index (χ1n) is 46.0. The van der Waals surface area contributed by atoms with Crippen molar-refractivity contribution in [3.8, 4) is 126 Å². The molecule has 8 heterocycles. The fraction of sp³-hybridized carbons (Fsp3) is 0.333. The molecule has 736 valence electrons. The molecule has 0 radical (unpaired) electrons. The number of rotatable bonds is 28. The molecular weight excluding hydrogens is 1970 g/mol. The van der Waals surface area contributed by atoms with Crippen LogP contribution in [-0.2, 0) is 30.1 Å². The maximum absolute atomic E-state index is 13.7. The smallest absolute Gasteiger partial charge is 0.269 e. The Kier molecular flexibility index (Phi) is 32.2. The number of H-pyrrole nitrogens is 1. The van der Waals surface area contributed by atoms with E-state index in [1.54, 1.807) is 170 Å². The van der Waals surface area contributed by atoms with Gasteiger partial charge in [0.25, 0.3) is 30.1 Å². The number of hydrogen-bond donors (Lipinski definition) is 1. The molecule has 0 amide bonds. The summed E-state index contributed by atoms with van der Waals surface area (Å²) in [7, 11) is 6.75. The Labute approximate surface area is 832 Å². The van der Waals surface area contributed by atoms with Crippen LogP contribution in [0.15, 0.2) is 186 Å². The molecule has 0 spiro atoms. The number of halogens is 1. The van der Waals surface area contributed by atoms with Crippen LogP contribution in [0, 0.1) is 53.9 Å². The molecule has 1 N–H and O–H groups in total. The molecule has 32 nitrogen and oxygen atoms in total. The largest absolute Gasteiger partial charge is 0.493 e. The van der Waals surface area contributed by atoms with E-state index in [1.807, 2.05) is 32.9 Å². The number of benzene rings is 7. The number of ketones is 2. The number of nitrogens with one attached hydrogen (secondary N) is 1. The van der Waals surface area contributed by atoms with Crippen molar-refractivity contribution >= 4 is 109 Å². The fourth-order valence-electron chi connectivity index (χ4n) is 17.7. The average Bonchev–Trinajstić information content (AvgIpc) is 1.60. The topological polar surface area (TPSA) is 381 Å². The van der Waals surface area contributed by atoms with Gasteiger partial charge in [0.05, 0.1) is 168 Å². The number of aromatic nitrogens is 12. The maximum Gasteiger partial charge on any atom is 0.269 e. The van der Waals surface area contributed by atoms with Gasteiger partial charge in [0.2, 0.25) is 23.0 Å². The van der Waals surface area contributed by atoms with E-state index >= 15 is 0 Å². The lowest BCUT2D eigenvalue weighted by Crippen LogP contribution is -2.13. The number of hydrogen-bond acceptors (Lipinski definition) is 28. The summed E-state index contributed by atoms with van der Waals surface area (Å²) in [5, 5.41) is 0.